The molecular weight excluding hydrogens is 236 g/mol. The number of sulfonamides is 1. The molecule has 5 heteroatoms. The van der Waals surface area contributed by atoms with Gasteiger partial charge in [0.25, 0.3) is 0 Å². The van der Waals surface area contributed by atoms with Crippen LogP contribution in [-0.4, -0.2) is 38.9 Å². The van der Waals surface area contributed by atoms with Gasteiger partial charge < -0.3 is 5.32 Å². The van der Waals surface area contributed by atoms with Crippen LogP contribution in [0.5, 0.6) is 0 Å². The maximum atomic E-state index is 12.3. The van der Waals surface area contributed by atoms with Crippen molar-refractivity contribution in [3.8, 4) is 0 Å². The van der Waals surface area contributed by atoms with Gasteiger partial charge in [0.15, 0.2) is 0 Å². The molecule has 0 spiro atoms. The first-order valence-electron chi connectivity index (χ1n) is 5.77. The summed E-state index contributed by atoms with van der Waals surface area (Å²) in [4.78, 5) is 0.373. The quantitative estimate of drug-likeness (QED) is 0.874. The van der Waals surface area contributed by atoms with Gasteiger partial charge in [-0.1, -0.05) is 17.7 Å². The number of nitrogens with one attached hydrogen (secondary N) is 1. The fraction of sp³-hybridized carbons (Fsp3) is 0.500. The zero-order chi connectivity index (χ0) is 12.5. The van der Waals surface area contributed by atoms with Gasteiger partial charge in [-0.05, 0) is 32.0 Å². The van der Waals surface area contributed by atoms with Crippen molar-refractivity contribution in [3.05, 3.63) is 29.8 Å². The van der Waals surface area contributed by atoms with Gasteiger partial charge in [0.2, 0.25) is 10.0 Å². The average molecular weight is 254 g/mol. The SMILES string of the molecule is Cc1ccc(S(=O)(=O)N(C)C2CCNC2)cc1. The number of aryl methyl sites for hydroxylation is 1. The lowest BCUT2D eigenvalue weighted by Crippen LogP contribution is -2.38. The van der Waals surface area contributed by atoms with E-state index in [-0.39, 0.29) is 6.04 Å². The molecule has 1 aromatic carbocycles. The summed E-state index contributed by atoms with van der Waals surface area (Å²) < 4.78 is 26.1. The molecule has 1 saturated heterocycles. The van der Waals surface area contributed by atoms with Crippen LogP contribution in [0.1, 0.15) is 12.0 Å². The molecule has 1 aliphatic heterocycles. The first-order valence-corrected chi connectivity index (χ1v) is 7.21. The van der Waals surface area contributed by atoms with Crippen LogP contribution in [0.4, 0.5) is 0 Å². The summed E-state index contributed by atoms with van der Waals surface area (Å²) in [7, 11) is -1.69. The fourth-order valence-corrected chi connectivity index (χ4v) is 3.41. The van der Waals surface area contributed by atoms with Gasteiger partial charge in [-0.3, -0.25) is 0 Å². The number of hydrogen-bond acceptors (Lipinski definition) is 3. The fourth-order valence-electron chi connectivity index (χ4n) is 2.02. The molecule has 1 aliphatic rings. The molecular formula is C12H18N2O2S. The van der Waals surface area contributed by atoms with Crippen LogP contribution in [0.2, 0.25) is 0 Å². The molecule has 0 aliphatic carbocycles. The van der Waals surface area contributed by atoms with Crippen LogP contribution < -0.4 is 5.32 Å². The van der Waals surface area contributed by atoms with Gasteiger partial charge in [0, 0.05) is 19.6 Å². The van der Waals surface area contributed by atoms with Gasteiger partial charge >= 0.3 is 0 Å². The minimum atomic E-state index is -3.35. The molecule has 17 heavy (non-hydrogen) atoms. The highest BCUT2D eigenvalue weighted by Gasteiger charge is 2.29. The van der Waals surface area contributed by atoms with Crippen molar-refractivity contribution in [2.24, 2.45) is 0 Å². The van der Waals surface area contributed by atoms with Crippen molar-refractivity contribution in [1.82, 2.24) is 9.62 Å². The lowest BCUT2D eigenvalue weighted by molar-refractivity contribution is 0.388. The normalized spacial score (nSPS) is 21.0. The van der Waals surface area contributed by atoms with E-state index in [1.54, 1.807) is 19.2 Å². The zero-order valence-electron chi connectivity index (χ0n) is 10.2. The Labute approximate surface area is 103 Å². The number of rotatable bonds is 3. The predicted octanol–water partition coefficient (Wildman–Crippen LogP) is 0.977. The smallest absolute Gasteiger partial charge is 0.243 e. The molecule has 1 atom stereocenters. The third-order valence-corrected chi connectivity index (χ3v) is 5.17. The Bertz CT molecular complexity index is 476. The molecule has 1 N–H and O–H groups in total. The second kappa shape index (κ2) is 4.76. The third-order valence-electron chi connectivity index (χ3n) is 3.25. The maximum absolute atomic E-state index is 12.3. The predicted molar refractivity (Wildman–Crippen MR) is 67.4 cm³/mol. The second-order valence-corrected chi connectivity index (χ2v) is 6.48. The van der Waals surface area contributed by atoms with Crippen molar-refractivity contribution in [3.63, 3.8) is 0 Å². The minimum absolute atomic E-state index is 0.0707. The van der Waals surface area contributed by atoms with Crippen molar-refractivity contribution in [1.29, 1.82) is 0 Å². The average Bonchev–Trinajstić information content (AvgIpc) is 2.82. The Morgan fingerprint density at radius 1 is 1.29 bits per heavy atom. The molecule has 1 fully saturated rings. The monoisotopic (exact) mass is 254 g/mol. The molecule has 2 rings (SSSR count). The molecule has 1 unspecified atom stereocenters. The van der Waals surface area contributed by atoms with E-state index in [1.165, 1.54) is 4.31 Å². The standard InChI is InChI=1S/C12H18N2O2S/c1-10-3-5-12(6-4-10)17(15,16)14(2)11-7-8-13-9-11/h3-6,11,13H,7-9H2,1-2H3. The topological polar surface area (TPSA) is 49.4 Å². The van der Waals surface area contributed by atoms with Crippen LogP contribution in [0, 0.1) is 6.92 Å². The van der Waals surface area contributed by atoms with E-state index >= 15 is 0 Å². The number of nitrogens with zero attached hydrogens (tertiary/aromatic N) is 1. The summed E-state index contributed by atoms with van der Waals surface area (Å²) in [5.74, 6) is 0. The Morgan fingerprint density at radius 3 is 2.47 bits per heavy atom. The van der Waals surface area contributed by atoms with Crippen LogP contribution >= 0.6 is 0 Å². The molecule has 0 radical (unpaired) electrons. The van der Waals surface area contributed by atoms with Crippen molar-refractivity contribution in [2.45, 2.75) is 24.3 Å². The first kappa shape index (κ1) is 12.5. The molecule has 0 aromatic heterocycles. The van der Waals surface area contributed by atoms with Crippen LogP contribution in [0.25, 0.3) is 0 Å². The number of likely N-dealkylation sites (N-methyl/N-ethyl adjacent to an activating group) is 1. The van der Waals surface area contributed by atoms with Crippen molar-refractivity contribution < 1.29 is 8.42 Å². The Balaban J connectivity index is 2.26. The van der Waals surface area contributed by atoms with Gasteiger partial charge in [-0.15, -0.1) is 0 Å². The maximum Gasteiger partial charge on any atom is 0.243 e. The van der Waals surface area contributed by atoms with E-state index in [9.17, 15) is 8.42 Å². The van der Waals surface area contributed by atoms with E-state index in [0.29, 0.717) is 4.90 Å². The molecule has 94 valence electrons. The molecule has 0 saturated carbocycles. The van der Waals surface area contributed by atoms with Crippen LogP contribution in [0.3, 0.4) is 0 Å². The zero-order valence-corrected chi connectivity index (χ0v) is 11.0. The van der Waals surface area contributed by atoms with Gasteiger partial charge in [0.05, 0.1) is 4.90 Å². The van der Waals surface area contributed by atoms with E-state index in [1.807, 2.05) is 19.1 Å². The number of hydrogen-bond donors (Lipinski definition) is 1. The van der Waals surface area contributed by atoms with Crippen LogP contribution in [0.15, 0.2) is 29.2 Å². The molecule has 1 heterocycles. The largest absolute Gasteiger partial charge is 0.315 e. The molecule has 0 amide bonds. The van der Waals surface area contributed by atoms with E-state index in [2.05, 4.69) is 5.32 Å². The Morgan fingerprint density at radius 2 is 1.94 bits per heavy atom. The summed E-state index contributed by atoms with van der Waals surface area (Å²) >= 11 is 0. The van der Waals surface area contributed by atoms with Crippen molar-refractivity contribution >= 4 is 10.0 Å². The highest BCUT2D eigenvalue weighted by molar-refractivity contribution is 7.89. The Kier molecular flexibility index (Phi) is 3.51. The summed E-state index contributed by atoms with van der Waals surface area (Å²) in [5.41, 5.74) is 1.06. The van der Waals surface area contributed by atoms with E-state index in [0.717, 1.165) is 25.1 Å². The van der Waals surface area contributed by atoms with Gasteiger partial charge in [-0.25, -0.2) is 8.42 Å². The Hall–Kier alpha value is -0.910. The second-order valence-electron chi connectivity index (χ2n) is 4.48. The lowest BCUT2D eigenvalue weighted by atomic mass is 10.2. The summed E-state index contributed by atoms with van der Waals surface area (Å²) in [6, 6.07) is 7.07. The van der Waals surface area contributed by atoms with Gasteiger partial charge in [-0.2, -0.15) is 4.31 Å². The summed E-state index contributed by atoms with van der Waals surface area (Å²) in [5, 5.41) is 3.18. The third kappa shape index (κ3) is 2.51. The number of benzene rings is 1. The van der Waals surface area contributed by atoms with Crippen molar-refractivity contribution in [2.75, 3.05) is 20.1 Å². The lowest BCUT2D eigenvalue weighted by Gasteiger charge is -2.23. The van der Waals surface area contributed by atoms with E-state index in [4.69, 9.17) is 0 Å². The first-order chi connectivity index (χ1) is 8.01. The summed E-state index contributed by atoms with van der Waals surface area (Å²) in [6.45, 7) is 3.57. The van der Waals surface area contributed by atoms with Crippen LogP contribution in [-0.2, 0) is 10.0 Å². The minimum Gasteiger partial charge on any atom is -0.315 e. The molecule has 1 aromatic rings. The van der Waals surface area contributed by atoms with E-state index < -0.39 is 10.0 Å². The molecule has 0 bridgehead atoms. The highest BCUT2D eigenvalue weighted by Crippen LogP contribution is 2.19. The highest BCUT2D eigenvalue weighted by atomic mass is 32.2. The van der Waals surface area contributed by atoms with Gasteiger partial charge in [0.1, 0.15) is 0 Å². The molecule has 4 nitrogen and oxygen atoms in total. The summed E-state index contributed by atoms with van der Waals surface area (Å²) in [6.07, 6.45) is 0.877.